The van der Waals surface area contributed by atoms with Gasteiger partial charge in [0.1, 0.15) is 0 Å². The summed E-state index contributed by atoms with van der Waals surface area (Å²) in [7, 11) is 0. The maximum Gasteiger partial charge on any atom is 0.346 e. The number of hydrogen-bond acceptors (Lipinski definition) is 4. The van der Waals surface area contributed by atoms with Crippen LogP contribution in [-0.2, 0) is 14.3 Å². The molecule has 7 fully saturated rings. The number of carbonyl (C=O) groups is 2. The van der Waals surface area contributed by atoms with Gasteiger partial charge in [-0.3, -0.25) is 0 Å². The van der Waals surface area contributed by atoms with Crippen molar-refractivity contribution in [3.05, 3.63) is 32.8 Å². The molecule has 0 radical (unpaired) electrons. The first kappa shape index (κ1) is 16.2. The highest BCUT2D eigenvalue weighted by molar-refractivity contribution is 7.07. The lowest BCUT2D eigenvalue weighted by Gasteiger charge is -2.70. The molecule has 5 unspecified atom stereocenters. The molecule has 0 aromatic carbocycles. The second kappa shape index (κ2) is 5.27. The summed E-state index contributed by atoms with van der Waals surface area (Å²) in [5.41, 5.74) is 3.07. The summed E-state index contributed by atoms with van der Waals surface area (Å²) in [4.78, 5) is 23.7. The molecule has 1 aromatic heterocycles. The van der Waals surface area contributed by atoms with E-state index in [0.717, 1.165) is 58.1 Å². The molecule has 9 rings (SSSR count). The maximum atomic E-state index is 12.1. The van der Waals surface area contributed by atoms with Crippen LogP contribution in [0.25, 0.3) is 11.1 Å². The van der Waals surface area contributed by atoms with E-state index in [4.69, 9.17) is 4.74 Å². The number of carbonyl (C=O) groups excluding carboxylic acids is 2. The van der Waals surface area contributed by atoms with E-state index in [1.165, 1.54) is 42.7 Å². The summed E-state index contributed by atoms with van der Waals surface area (Å²) < 4.78 is 6.16. The monoisotopic (exact) mass is 392 g/mol. The van der Waals surface area contributed by atoms with Crippen LogP contribution in [0.3, 0.4) is 0 Å². The minimum Gasteiger partial charge on any atom is -0.386 e. The van der Waals surface area contributed by atoms with Gasteiger partial charge in [0.25, 0.3) is 0 Å². The zero-order valence-electron chi connectivity index (χ0n) is 16.0. The van der Waals surface area contributed by atoms with Crippen molar-refractivity contribution in [3.8, 4) is 0 Å². The largest absolute Gasteiger partial charge is 0.386 e. The number of esters is 2. The minimum absolute atomic E-state index is 0.440. The zero-order valence-corrected chi connectivity index (χ0v) is 16.8. The molecule has 8 aliphatic rings. The molecule has 3 nitrogen and oxygen atoms in total. The predicted molar refractivity (Wildman–Crippen MR) is 106 cm³/mol. The highest BCUT2D eigenvalue weighted by atomic mass is 32.1. The molecule has 0 saturated heterocycles. The number of rotatable bonds is 1. The normalized spacial score (nSPS) is 47.7. The third-order valence-corrected chi connectivity index (χ3v) is 10.2. The van der Waals surface area contributed by atoms with Gasteiger partial charge in [-0.1, -0.05) is 0 Å². The molecule has 8 atom stereocenters. The van der Waals surface area contributed by atoms with Gasteiger partial charge in [-0.05, 0) is 114 Å². The molecular weight excluding hydrogens is 368 g/mol. The Bertz CT molecular complexity index is 1070. The Morgan fingerprint density at radius 3 is 2.36 bits per heavy atom. The van der Waals surface area contributed by atoms with Gasteiger partial charge < -0.3 is 4.74 Å². The first-order valence-corrected chi connectivity index (χ1v) is 11.7. The number of ether oxygens (including phenoxy) is 1. The quantitative estimate of drug-likeness (QED) is 0.545. The van der Waals surface area contributed by atoms with Crippen LogP contribution in [0.1, 0.15) is 39.0 Å². The fourth-order valence-electron chi connectivity index (χ4n) is 8.60. The Balaban J connectivity index is 1.46. The molecule has 0 N–H and O–H groups in total. The molecule has 4 heteroatoms. The molecular formula is C24H24O3S. The molecule has 7 saturated carbocycles. The van der Waals surface area contributed by atoms with E-state index in [1.54, 1.807) is 5.57 Å². The van der Waals surface area contributed by atoms with Crippen LogP contribution in [0.2, 0.25) is 0 Å². The van der Waals surface area contributed by atoms with E-state index < -0.39 is 11.9 Å². The van der Waals surface area contributed by atoms with Crippen molar-refractivity contribution in [2.75, 3.05) is 0 Å². The number of hydrogen-bond donors (Lipinski definition) is 0. The summed E-state index contributed by atoms with van der Waals surface area (Å²) in [5.74, 6) is 6.35. The first-order chi connectivity index (χ1) is 13.6. The van der Waals surface area contributed by atoms with E-state index in [9.17, 15) is 9.59 Å². The van der Waals surface area contributed by atoms with Crippen molar-refractivity contribution >= 4 is 34.4 Å². The van der Waals surface area contributed by atoms with E-state index in [1.807, 2.05) is 18.3 Å². The van der Waals surface area contributed by atoms with Gasteiger partial charge in [0.15, 0.2) is 0 Å². The van der Waals surface area contributed by atoms with Gasteiger partial charge in [0, 0.05) is 10.6 Å². The molecule has 2 heterocycles. The fourth-order valence-corrected chi connectivity index (χ4v) is 9.73. The fraction of sp³-hybridized carbons (Fsp3) is 0.583. The van der Waals surface area contributed by atoms with E-state index in [-0.39, 0.29) is 0 Å². The van der Waals surface area contributed by atoms with Gasteiger partial charge in [0.2, 0.25) is 0 Å². The van der Waals surface area contributed by atoms with Crippen molar-refractivity contribution in [1.29, 1.82) is 0 Å². The van der Waals surface area contributed by atoms with Crippen LogP contribution >= 0.6 is 11.3 Å². The third kappa shape index (κ3) is 1.86. The molecule has 1 aliphatic heterocycles. The summed E-state index contributed by atoms with van der Waals surface area (Å²) >= 11 is 1.85. The van der Waals surface area contributed by atoms with Gasteiger partial charge in [-0.2, -0.15) is 0 Å². The van der Waals surface area contributed by atoms with Crippen LogP contribution in [-0.4, -0.2) is 11.9 Å². The Kier molecular flexibility index (Phi) is 3.04. The van der Waals surface area contributed by atoms with Crippen molar-refractivity contribution in [1.82, 2.24) is 0 Å². The second-order valence-corrected chi connectivity index (χ2v) is 11.0. The SMILES string of the molecule is C/C(C1=CC(=O)OC1=O)=c1\ccs\c1=C1\C2C[C@@H]3C4CC5CC3[C@H](C2)[C@@H](C5)C14. The summed E-state index contributed by atoms with van der Waals surface area (Å²) in [6.07, 6.45) is 8.61. The van der Waals surface area contributed by atoms with Crippen molar-refractivity contribution in [2.24, 2.45) is 47.3 Å². The number of cyclic esters (lactones) is 2. The van der Waals surface area contributed by atoms with E-state index in [2.05, 4.69) is 11.4 Å². The molecule has 0 spiro atoms. The van der Waals surface area contributed by atoms with Crippen molar-refractivity contribution < 1.29 is 14.3 Å². The lowest BCUT2D eigenvalue weighted by atomic mass is 9.35. The van der Waals surface area contributed by atoms with Crippen LogP contribution in [0.4, 0.5) is 0 Å². The average Bonchev–Trinajstić information content (AvgIpc) is 3.30. The van der Waals surface area contributed by atoms with Crippen LogP contribution < -0.4 is 9.75 Å². The van der Waals surface area contributed by atoms with E-state index in [0.29, 0.717) is 5.57 Å². The van der Waals surface area contributed by atoms with Gasteiger partial charge in [-0.25, -0.2) is 9.59 Å². The standard InChI is InChI=1S/C24H24O3S/c1-10(14-9-20(25)27-24(14)26)13-2-3-28-23(13)21-12-7-16-15-4-11-5-18(16)22(21)19(6-11)17(15)8-12/h2-3,9,11-12,15-19,22H,4-8H2,1H3/b13-10-,23-21-/t11?,12?,15?,16-,17-,18+,19?,22?/m0/s1. The molecule has 1 aromatic rings. The zero-order chi connectivity index (χ0) is 18.7. The third-order valence-electron chi connectivity index (χ3n) is 9.26. The number of thiophene rings is 1. The van der Waals surface area contributed by atoms with Gasteiger partial charge in [-0.15, -0.1) is 11.3 Å². The van der Waals surface area contributed by atoms with Crippen LogP contribution in [0.5, 0.6) is 0 Å². The lowest BCUT2D eigenvalue weighted by molar-refractivity contribution is -0.163. The Morgan fingerprint density at radius 2 is 1.68 bits per heavy atom. The second-order valence-electron chi connectivity index (χ2n) is 10.1. The van der Waals surface area contributed by atoms with Crippen molar-refractivity contribution in [2.45, 2.75) is 39.0 Å². The highest BCUT2D eigenvalue weighted by Crippen LogP contribution is 2.72. The Labute approximate surface area is 168 Å². The van der Waals surface area contributed by atoms with E-state index >= 15 is 0 Å². The molecule has 0 amide bonds. The summed E-state index contributed by atoms with van der Waals surface area (Å²) in [6, 6.07) is 2.15. The van der Waals surface area contributed by atoms with Crippen molar-refractivity contribution in [3.63, 3.8) is 0 Å². The summed E-state index contributed by atoms with van der Waals surface area (Å²) in [5, 5.41) is 3.33. The average molecular weight is 393 g/mol. The molecule has 144 valence electrons. The first-order valence-electron chi connectivity index (χ1n) is 10.9. The molecule has 8 bridgehead atoms. The van der Waals surface area contributed by atoms with Gasteiger partial charge in [0.05, 0.1) is 5.57 Å². The Hall–Kier alpha value is -1.68. The van der Waals surface area contributed by atoms with Crippen LogP contribution in [0.15, 0.2) is 23.1 Å². The maximum absolute atomic E-state index is 12.1. The summed E-state index contributed by atoms with van der Waals surface area (Å²) in [6.45, 7) is 1.98. The Morgan fingerprint density at radius 1 is 1.00 bits per heavy atom. The topological polar surface area (TPSA) is 43.4 Å². The molecule has 28 heavy (non-hydrogen) atoms. The predicted octanol–water partition coefficient (Wildman–Crippen LogP) is 3.03. The smallest absolute Gasteiger partial charge is 0.346 e. The highest BCUT2D eigenvalue weighted by Gasteiger charge is 2.65. The lowest BCUT2D eigenvalue weighted by Crippen LogP contribution is -2.63. The van der Waals surface area contributed by atoms with Gasteiger partial charge >= 0.3 is 11.9 Å². The molecule has 7 aliphatic carbocycles. The van der Waals surface area contributed by atoms with Crippen LogP contribution in [0, 0.1) is 47.3 Å². The minimum atomic E-state index is -0.535.